The Labute approximate surface area is 220 Å². The van der Waals surface area contributed by atoms with Crippen molar-refractivity contribution in [1.29, 1.82) is 0 Å². The highest BCUT2D eigenvalue weighted by molar-refractivity contribution is 5.86. The van der Waals surface area contributed by atoms with Crippen molar-refractivity contribution in [2.45, 2.75) is 90.8 Å². The normalized spacial score (nSPS) is 20.1. The summed E-state index contributed by atoms with van der Waals surface area (Å²) in [5, 5.41) is 17.8. The van der Waals surface area contributed by atoms with E-state index in [1.165, 1.54) is 0 Å². The fourth-order valence-electron chi connectivity index (χ4n) is 4.46. The Kier molecular flexibility index (Phi) is 11.4. The molecule has 0 unspecified atom stereocenters. The van der Waals surface area contributed by atoms with Crippen LogP contribution in [0.2, 0.25) is 0 Å². The molecule has 206 valence electrons. The fourth-order valence-corrected chi connectivity index (χ4v) is 4.46. The number of alkyl carbamates (subject to hydrolysis) is 1. The minimum atomic E-state index is -1.01. The molecule has 1 aromatic carbocycles. The summed E-state index contributed by atoms with van der Waals surface area (Å²) < 4.78 is 5.34. The number of rotatable bonds is 11. The number of carbonyl (C=O) groups excluding carboxylic acids is 3. The summed E-state index contributed by atoms with van der Waals surface area (Å²) >= 11 is 0. The highest BCUT2D eigenvalue weighted by Gasteiger charge is 2.32. The zero-order valence-corrected chi connectivity index (χ0v) is 22.7. The van der Waals surface area contributed by atoms with Gasteiger partial charge in [-0.2, -0.15) is 0 Å². The number of carboxylic acids is 1. The third kappa shape index (κ3) is 10.4. The maximum Gasteiger partial charge on any atom is 0.408 e. The molecular formula is C28H43N3O6. The molecule has 1 saturated carbocycles. The van der Waals surface area contributed by atoms with Gasteiger partial charge in [-0.05, 0) is 63.9 Å². The van der Waals surface area contributed by atoms with E-state index in [4.69, 9.17) is 4.74 Å². The average molecular weight is 518 g/mol. The largest absolute Gasteiger partial charge is 0.480 e. The van der Waals surface area contributed by atoms with E-state index in [2.05, 4.69) is 16.0 Å². The van der Waals surface area contributed by atoms with E-state index in [9.17, 15) is 24.3 Å². The molecule has 0 radical (unpaired) electrons. The van der Waals surface area contributed by atoms with Gasteiger partial charge in [0.05, 0.1) is 0 Å². The minimum absolute atomic E-state index is 0.147. The number of nitrogens with one attached hydrogen (secondary N) is 3. The van der Waals surface area contributed by atoms with Gasteiger partial charge < -0.3 is 25.8 Å². The Morgan fingerprint density at radius 1 is 1.03 bits per heavy atom. The van der Waals surface area contributed by atoms with Crippen LogP contribution in [-0.4, -0.2) is 53.2 Å². The fraction of sp³-hybridized carbons (Fsp3) is 0.643. The summed E-state index contributed by atoms with van der Waals surface area (Å²) in [5.74, 6) is -1.67. The third-order valence-corrected chi connectivity index (χ3v) is 6.85. The van der Waals surface area contributed by atoms with E-state index in [1.807, 2.05) is 44.2 Å². The molecule has 0 heterocycles. The maximum atomic E-state index is 13.0. The lowest BCUT2D eigenvalue weighted by Gasteiger charge is -2.30. The molecule has 0 spiro atoms. The first-order valence-electron chi connectivity index (χ1n) is 13.2. The van der Waals surface area contributed by atoms with Gasteiger partial charge in [0.25, 0.3) is 0 Å². The molecule has 0 aromatic heterocycles. The van der Waals surface area contributed by atoms with Crippen molar-refractivity contribution >= 4 is 23.9 Å². The summed E-state index contributed by atoms with van der Waals surface area (Å²) in [6, 6.07) is 7.80. The van der Waals surface area contributed by atoms with Gasteiger partial charge in [0.2, 0.25) is 11.8 Å². The number of hydrogen-bond donors (Lipinski definition) is 4. The second-order valence-electron chi connectivity index (χ2n) is 11.1. The topological polar surface area (TPSA) is 134 Å². The SMILES string of the molecule is CC[C@@H](C)[C@H](NC(=O)C1CCC(CNC(=O)[C@H](Cc2ccccc2)NC(=O)OC(C)(C)C)CC1)C(=O)O. The van der Waals surface area contributed by atoms with Gasteiger partial charge in [-0.1, -0.05) is 50.6 Å². The van der Waals surface area contributed by atoms with Crippen molar-refractivity contribution < 1.29 is 29.0 Å². The lowest BCUT2D eigenvalue weighted by atomic mass is 9.81. The smallest absolute Gasteiger partial charge is 0.408 e. The van der Waals surface area contributed by atoms with Crippen LogP contribution in [-0.2, 0) is 25.5 Å². The number of carboxylic acid groups (broad SMARTS) is 1. The lowest BCUT2D eigenvalue weighted by molar-refractivity contribution is -0.144. The highest BCUT2D eigenvalue weighted by atomic mass is 16.6. The molecule has 37 heavy (non-hydrogen) atoms. The molecule has 0 aliphatic heterocycles. The molecule has 4 N–H and O–H groups in total. The molecule has 2 rings (SSSR count). The number of carbonyl (C=O) groups is 4. The van der Waals surface area contributed by atoms with E-state index >= 15 is 0 Å². The maximum absolute atomic E-state index is 13.0. The summed E-state index contributed by atoms with van der Waals surface area (Å²) in [5.41, 5.74) is 0.240. The monoisotopic (exact) mass is 517 g/mol. The Morgan fingerprint density at radius 2 is 1.65 bits per heavy atom. The number of aliphatic carboxylic acids is 1. The Morgan fingerprint density at radius 3 is 2.19 bits per heavy atom. The van der Waals surface area contributed by atoms with Gasteiger partial charge in [0.15, 0.2) is 0 Å². The Bertz CT molecular complexity index is 906. The Hall–Kier alpha value is -3.10. The minimum Gasteiger partial charge on any atom is -0.480 e. The van der Waals surface area contributed by atoms with Crippen molar-refractivity contribution in [3.8, 4) is 0 Å². The van der Waals surface area contributed by atoms with Crippen LogP contribution in [0.15, 0.2) is 30.3 Å². The molecule has 3 atom stereocenters. The van der Waals surface area contributed by atoms with Crippen molar-refractivity contribution in [2.75, 3.05) is 6.54 Å². The number of benzene rings is 1. The van der Waals surface area contributed by atoms with Crippen LogP contribution in [0.25, 0.3) is 0 Å². The third-order valence-electron chi connectivity index (χ3n) is 6.85. The van der Waals surface area contributed by atoms with Gasteiger partial charge >= 0.3 is 12.1 Å². The van der Waals surface area contributed by atoms with Crippen LogP contribution < -0.4 is 16.0 Å². The van der Waals surface area contributed by atoms with Crippen molar-refractivity contribution in [3.05, 3.63) is 35.9 Å². The zero-order chi connectivity index (χ0) is 27.6. The van der Waals surface area contributed by atoms with Gasteiger partial charge in [-0.25, -0.2) is 9.59 Å². The molecule has 1 aliphatic rings. The lowest BCUT2D eigenvalue weighted by Crippen LogP contribution is -2.50. The second-order valence-corrected chi connectivity index (χ2v) is 11.1. The number of ether oxygens (including phenoxy) is 1. The molecule has 3 amide bonds. The average Bonchev–Trinajstić information content (AvgIpc) is 2.84. The van der Waals surface area contributed by atoms with Crippen LogP contribution in [0, 0.1) is 17.8 Å². The summed E-state index contributed by atoms with van der Waals surface area (Å²) in [4.78, 5) is 49.6. The first-order chi connectivity index (χ1) is 17.4. The van der Waals surface area contributed by atoms with E-state index in [0.29, 0.717) is 32.2 Å². The van der Waals surface area contributed by atoms with Crippen LogP contribution in [0.1, 0.15) is 72.3 Å². The first-order valence-corrected chi connectivity index (χ1v) is 13.2. The van der Waals surface area contributed by atoms with Crippen LogP contribution in [0.4, 0.5) is 4.79 Å². The predicted octanol–water partition coefficient (Wildman–Crippen LogP) is 3.66. The van der Waals surface area contributed by atoms with Crippen LogP contribution >= 0.6 is 0 Å². The molecular weight excluding hydrogens is 474 g/mol. The number of hydrogen-bond acceptors (Lipinski definition) is 5. The molecule has 1 aliphatic carbocycles. The van der Waals surface area contributed by atoms with Gasteiger partial charge in [0.1, 0.15) is 17.7 Å². The molecule has 1 fully saturated rings. The summed E-state index contributed by atoms with van der Waals surface area (Å²) in [7, 11) is 0. The van der Waals surface area contributed by atoms with E-state index in [-0.39, 0.29) is 29.6 Å². The van der Waals surface area contributed by atoms with Crippen LogP contribution in [0.3, 0.4) is 0 Å². The van der Waals surface area contributed by atoms with Gasteiger partial charge in [0, 0.05) is 18.9 Å². The molecule has 0 saturated heterocycles. The quantitative estimate of drug-likeness (QED) is 0.354. The molecule has 0 bridgehead atoms. The first kappa shape index (κ1) is 30.1. The summed E-state index contributed by atoms with van der Waals surface area (Å²) in [6.45, 7) is 9.46. The van der Waals surface area contributed by atoms with Crippen molar-refractivity contribution in [1.82, 2.24) is 16.0 Å². The van der Waals surface area contributed by atoms with E-state index in [0.717, 1.165) is 18.4 Å². The molecule has 9 heteroatoms. The van der Waals surface area contributed by atoms with Gasteiger partial charge in [-0.15, -0.1) is 0 Å². The molecule has 9 nitrogen and oxygen atoms in total. The van der Waals surface area contributed by atoms with Gasteiger partial charge in [-0.3, -0.25) is 9.59 Å². The summed E-state index contributed by atoms with van der Waals surface area (Å²) in [6.07, 6.45) is 3.14. The van der Waals surface area contributed by atoms with Crippen LogP contribution in [0.5, 0.6) is 0 Å². The number of amides is 3. The zero-order valence-electron chi connectivity index (χ0n) is 22.7. The predicted molar refractivity (Wildman–Crippen MR) is 141 cm³/mol. The highest BCUT2D eigenvalue weighted by Crippen LogP contribution is 2.29. The Balaban J connectivity index is 1.89. The van der Waals surface area contributed by atoms with Crippen molar-refractivity contribution in [3.63, 3.8) is 0 Å². The molecule has 1 aromatic rings. The van der Waals surface area contributed by atoms with E-state index in [1.54, 1.807) is 20.8 Å². The van der Waals surface area contributed by atoms with Crippen molar-refractivity contribution in [2.24, 2.45) is 17.8 Å². The second kappa shape index (κ2) is 14.0. The standard InChI is InChI=1S/C28H43N3O6/c1-6-18(2)23(26(34)35)31-24(32)21-14-12-20(13-15-21)17-29-25(33)22(16-19-10-8-7-9-11-19)30-27(36)37-28(3,4)5/h7-11,18,20-23H,6,12-17H2,1-5H3,(H,29,33)(H,30,36)(H,31,32)(H,34,35)/t18-,20?,21?,22+,23+/m1/s1. The van der Waals surface area contributed by atoms with E-state index < -0.39 is 29.7 Å².